The van der Waals surface area contributed by atoms with Crippen LogP contribution >= 0.6 is 0 Å². The van der Waals surface area contributed by atoms with Crippen LogP contribution in [0.2, 0.25) is 0 Å². The van der Waals surface area contributed by atoms with Gasteiger partial charge in [-0.1, -0.05) is 0 Å². The van der Waals surface area contributed by atoms with Crippen molar-refractivity contribution in [1.29, 1.82) is 0 Å². The maximum Gasteiger partial charge on any atom is 0.314 e. The zero-order chi connectivity index (χ0) is 16.0. The van der Waals surface area contributed by atoms with E-state index in [1.807, 2.05) is 0 Å². The van der Waals surface area contributed by atoms with Gasteiger partial charge in [0.25, 0.3) is 0 Å². The molecule has 0 aromatic rings. The van der Waals surface area contributed by atoms with Crippen LogP contribution in [0.5, 0.6) is 0 Å². The van der Waals surface area contributed by atoms with Crippen LogP contribution in [0, 0.1) is 0 Å². The predicted molar refractivity (Wildman–Crippen MR) is 81.7 cm³/mol. The second kappa shape index (κ2) is 12.2. The molecule has 1 heterocycles. The van der Waals surface area contributed by atoms with Crippen molar-refractivity contribution in [3.8, 4) is 0 Å². The quantitative estimate of drug-likeness (QED) is 0.442. The number of hydrogen-bond acceptors (Lipinski definition) is 5. The first-order valence-corrected chi connectivity index (χ1v) is 8.00. The predicted octanol–water partition coefficient (Wildman–Crippen LogP) is 1.21. The lowest BCUT2D eigenvalue weighted by atomic mass is 10.2. The Morgan fingerprint density at radius 2 is 1.95 bits per heavy atom. The van der Waals surface area contributed by atoms with Crippen LogP contribution < -0.4 is 10.6 Å². The Morgan fingerprint density at radius 3 is 2.64 bits per heavy atom. The molecule has 0 spiro atoms. The molecule has 22 heavy (non-hydrogen) atoms. The van der Waals surface area contributed by atoms with E-state index in [9.17, 15) is 9.59 Å². The molecule has 2 N–H and O–H groups in total. The maximum atomic E-state index is 11.5. The number of nitrogens with one attached hydrogen (secondary N) is 2. The first-order valence-electron chi connectivity index (χ1n) is 8.00. The van der Waals surface area contributed by atoms with Crippen LogP contribution in [0.4, 0.5) is 4.79 Å². The molecule has 7 nitrogen and oxygen atoms in total. The molecule has 2 amide bonds. The van der Waals surface area contributed by atoms with Gasteiger partial charge in [-0.25, -0.2) is 4.79 Å². The van der Waals surface area contributed by atoms with E-state index in [0.717, 1.165) is 32.3 Å². The topological polar surface area (TPSA) is 85.9 Å². The summed E-state index contributed by atoms with van der Waals surface area (Å²) in [6.45, 7) is 3.25. The van der Waals surface area contributed by atoms with E-state index in [0.29, 0.717) is 39.1 Å². The highest BCUT2D eigenvalue weighted by molar-refractivity contribution is 5.73. The standard InChI is InChI=1S/C15H28N2O5/c1-20-14(18)7-2-3-8-16-15(19)17-9-5-10-21-12-13-6-4-11-22-13/h13H,2-12H2,1H3,(H2,16,17,19). The number of esters is 1. The normalized spacial score (nSPS) is 17.2. The van der Waals surface area contributed by atoms with Gasteiger partial charge in [0.2, 0.25) is 0 Å². The van der Waals surface area contributed by atoms with Gasteiger partial charge < -0.3 is 24.8 Å². The summed E-state index contributed by atoms with van der Waals surface area (Å²) in [4.78, 5) is 22.3. The number of methoxy groups -OCH3 is 1. The third-order valence-corrected chi connectivity index (χ3v) is 3.40. The van der Waals surface area contributed by atoms with E-state index in [-0.39, 0.29) is 18.1 Å². The van der Waals surface area contributed by atoms with Crippen molar-refractivity contribution < 1.29 is 23.8 Å². The van der Waals surface area contributed by atoms with Gasteiger partial charge in [0, 0.05) is 32.7 Å². The summed E-state index contributed by atoms with van der Waals surface area (Å²) in [5, 5.41) is 5.52. The van der Waals surface area contributed by atoms with E-state index in [1.54, 1.807) is 0 Å². The van der Waals surface area contributed by atoms with Gasteiger partial charge in [-0.05, 0) is 32.1 Å². The highest BCUT2D eigenvalue weighted by Gasteiger charge is 2.14. The number of unbranched alkanes of at least 4 members (excludes halogenated alkanes) is 1. The lowest BCUT2D eigenvalue weighted by Crippen LogP contribution is -2.36. The van der Waals surface area contributed by atoms with E-state index in [1.165, 1.54) is 7.11 Å². The van der Waals surface area contributed by atoms with Gasteiger partial charge >= 0.3 is 12.0 Å². The number of carbonyl (C=O) groups is 2. The van der Waals surface area contributed by atoms with Crippen molar-refractivity contribution in [3.63, 3.8) is 0 Å². The minimum absolute atomic E-state index is 0.183. The SMILES string of the molecule is COC(=O)CCCCNC(=O)NCCCOCC1CCCO1. The molecule has 0 saturated carbocycles. The molecule has 1 rings (SSSR count). The van der Waals surface area contributed by atoms with Crippen LogP contribution in [0.15, 0.2) is 0 Å². The second-order valence-corrected chi connectivity index (χ2v) is 5.28. The summed E-state index contributed by atoms with van der Waals surface area (Å²) in [6, 6.07) is -0.183. The molecule has 1 aliphatic heterocycles. The first-order chi connectivity index (χ1) is 10.7. The van der Waals surface area contributed by atoms with Crippen molar-refractivity contribution in [2.75, 3.05) is 40.0 Å². The van der Waals surface area contributed by atoms with E-state index in [4.69, 9.17) is 9.47 Å². The molecular formula is C15H28N2O5. The Morgan fingerprint density at radius 1 is 1.18 bits per heavy atom. The summed E-state index contributed by atoms with van der Waals surface area (Å²) in [5.74, 6) is -0.215. The van der Waals surface area contributed by atoms with Crippen molar-refractivity contribution >= 4 is 12.0 Å². The lowest BCUT2D eigenvalue weighted by Gasteiger charge is -2.10. The van der Waals surface area contributed by atoms with Crippen LogP contribution in [-0.2, 0) is 19.0 Å². The van der Waals surface area contributed by atoms with Crippen LogP contribution in [0.3, 0.4) is 0 Å². The minimum Gasteiger partial charge on any atom is -0.469 e. The van der Waals surface area contributed by atoms with Crippen molar-refractivity contribution in [1.82, 2.24) is 10.6 Å². The number of rotatable bonds is 11. The van der Waals surface area contributed by atoms with Crippen LogP contribution in [0.25, 0.3) is 0 Å². The van der Waals surface area contributed by atoms with E-state index >= 15 is 0 Å². The molecule has 1 atom stereocenters. The fraction of sp³-hybridized carbons (Fsp3) is 0.867. The summed E-state index contributed by atoms with van der Waals surface area (Å²) < 4.78 is 15.5. The third-order valence-electron chi connectivity index (χ3n) is 3.40. The number of amides is 2. The fourth-order valence-electron chi connectivity index (χ4n) is 2.13. The number of hydrogen-bond donors (Lipinski definition) is 2. The zero-order valence-corrected chi connectivity index (χ0v) is 13.4. The molecule has 1 saturated heterocycles. The molecule has 1 fully saturated rings. The molecule has 1 unspecified atom stereocenters. The third kappa shape index (κ3) is 9.57. The largest absolute Gasteiger partial charge is 0.469 e. The average Bonchev–Trinajstić information content (AvgIpc) is 3.03. The number of carbonyl (C=O) groups excluding carboxylic acids is 2. The summed E-state index contributed by atoms with van der Waals surface area (Å²) in [5.41, 5.74) is 0. The van der Waals surface area contributed by atoms with Gasteiger partial charge in [-0.2, -0.15) is 0 Å². The zero-order valence-electron chi connectivity index (χ0n) is 13.4. The van der Waals surface area contributed by atoms with E-state index < -0.39 is 0 Å². The van der Waals surface area contributed by atoms with Crippen LogP contribution in [0.1, 0.15) is 38.5 Å². The highest BCUT2D eigenvalue weighted by atomic mass is 16.5. The lowest BCUT2D eigenvalue weighted by molar-refractivity contribution is -0.140. The number of urea groups is 1. The van der Waals surface area contributed by atoms with Crippen LogP contribution in [-0.4, -0.2) is 58.1 Å². The monoisotopic (exact) mass is 316 g/mol. The Bertz CT molecular complexity index is 319. The Labute approximate surface area is 132 Å². The van der Waals surface area contributed by atoms with Crippen molar-refractivity contribution in [2.24, 2.45) is 0 Å². The van der Waals surface area contributed by atoms with Crippen molar-refractivity contribution in [3.05, 3.63) is 0 Å². The molecule has 0 bridgehead atoms. The second-order valence-electron chi connectivity index (χ2n) is 5.28. The van der Waals surface area contributed by atoms with Gasteiger partial charge in [-0.15, -0.1) is 0 Å². The molecule has 0 aromatic heterocycles. The maximum absolute atomic E-state index is 11.5. The highest BCUT2D eigenvalue weighted by Crippen LogP contribution is 2.11. The molecule has 0 aromatic carbocycles. The molecule has 128 valence electrons. The molecule has 0 radical (unpaired) electrons. The molecule has 1 aliphatic rings. The van der Waals surface area contributed by atoms with Crippen molar-refractivity contribution in [2.45, 2.75) is 44.6 Å². The Balaban J connectivity index is 1.81. The van der Waals surface area contributed by atoms with E-state index in [2.05, 4.69) is 15.4 Å². The van der Waals surface area contributed by atoms with Gasteiger partial charge in [0.1, 0.15) is 0 Å². The number of ether oxygens (including phenoxy) is 3. The fourth-order valence-corrected chi connectivity index (χ4v) is 2.13. The smallest absolute Gasteiger partial charge is 0.314 e. The molecular weight excluding hydrogens is 288 g/mol. The molecule has 0 aliphatic carbocycles. The first kappa shape index (κ1) is 18.7. The summed E-state index contributed by atoms with van der Waals surface area (Å²) in [6.07, 6.45) is 5.09. The van der Waals surface area contributed by atoms with Gasteiger partial charge in [0.15, 0.2) is 0 Å². The average molecular weight is 316 g/mol. The Hall–Kier alpha value is -1.34. The van der Waals surface area contributed by atoms with Gasteiger partial charge in [-0.3, -0.25) is 4.79 Å². The minimum atomic E-state index is -0.215. The molecule has 7 heteroatoms. The Kier molecular flexibility index (Phi) is 10.4. The summed E-state index contributed by atoms with van der Waals surface area (Å²) in [7, 11) is 1.37. The van der Waals surface area contributed by atoms with Gasteiger partial charge in [0.05, 0.1) is 19.8 Å². The summed E-state index contributed by atoms with van der Waals surface area (Å²) >= 11 is 0.